The van der Waals surface area contributed by atoms with Crippen LogP contribution in [0.5, 0.6) is 0 Å². The zero-order chi connectivity index (χ0) is 15.6. The van der Waals surface area contributed by atoms with Crippen LogP contribution in [0.15, 0.2) is 0 Å². The summed E-state index contributed by atoms with van der Waals surface area (Å²) in [7, 11) is 0. The smallest absolute Gasteiger partial charge is 0.410 e. The second-order valence-electron chi connectivity index (χ2n) is 7.02. The maximum atomic E-state index is 12.6. The minimum absolute atomic E-state index is 0.0503. The second-order valence-corrected chi connectivity index (χ2v) is 7.02. The summed E-state index contributed by atoms with van der Waals surface area (Å²) >= 11 is 0. The fraction of sp³-hybridized carbons (Fsp3) is 0.867. The summed E-state index contributed by atoms with van der Waals surface area (Å²) in [6.45, 7) is 8.09. The molecule has 21 heavy (non-hydrogen) atoms. The van der Waals surface area contributed by atoms with Gasteiger partial charge in [-0.05, 0) is 52.5 Å². The minimum Gasteiger partial charge on any atom is -0.444 e. The number of likely N-dealkylation sites (tertiary alicyclic amines) is 2. The lowest BCUT2D eigenvalue weighted by Crippen LogP contribution is -2.48. The molecule has 2 heterocycles. The highest BCUT2D eigenvalue weighted by molar-refractivity contribution is 5.86. The molecule has 0 radical (unpaired) electrons. The average molecular weight is 297 g/mol. The summed E-state index contributed by atoms with van der Waals surface area (Å²) in [4.78, 5) is 28.4. The lowest BCUT2D eigenvalue weighted by atomic mass is 10.1. The van der Waals surface area contributed by atoms with Gasteiger partial charge in [-0.1, -0.05) is 0 Å². The molecule has 0 spiro atoms. The van der Waals surface area contributed by atoms with Crippen LogP contribution in [0.3, 0.4) is 0 Å². The first kappa shape index (κ1) is 16.1. The van der Waals surface area contributed by atoms with Crippen LogP contribution in [0.4, 0.5) is 4.79 Å². The zero-order valence-electron chi connectivity index (χ0n) is 13.3. The van der Waals surface area contributed by atoms with Crippen LogP contribution < -0.4 is 5.73 Å². The molecular weight excluding hydrogens is 270 g/mol. The van der Waals surface area contributed by atoms with Crippen LogP contribution in [-0.4, -0.2) is 59.6 Å². The Morgan fingerprint density at radius 1 is 1.24 bits per heavy atom. The molecule has 2 aliphatic rings. The fourth-order valence-corrected chi connectivity index (χ4v) is 3.00. The molecule has 0 saturated carbocycles. The molecule has 0 aromatic rings. The summed E-state index contributed by atoms with van der Waals surface area (Å²) < 4.78 is 5.43. The number of hydrogen-bond acceptors (Lipinski definition) is 4. The van der Waals surface area contributed by atoms with Gasteiger partial charge < -0.3 is 15.4 Å². The van der Waals surface area contributed by atoms with Crippen LogP contribution in [0.1, 0.15) is 40.0 Å². The van der Waals surface area contributed by atoms with E-state index in [0.717, 1.165) is 25.9 Å². The molecule has 6 nitrogen and oxygen atoms in total. The van der Waals surface area contributed by atoms with Gasteiger partial charge in [0.1, 0.15) is 11.6 Å². The molecule has 0 aromatic carbocycles. The van der Waals surface area contributed by atoms with E-state index < -0.39 is 17.7 Å². The van der Waals surface area contributed by atoms with Gasteiger partial charge in [-0.2, -0.15) is 0 Å². The van der Waals surface area contributed by atoms with Gasteiger partial charge in [0.25, 0.3) is 0 Å². The molecule has 2 atom stereocenters. The van der Waals surface area contributed by atoms with Gasteiger partial charge in [0.15, 0.2) is 0 Å². The predicted molar refractivity (Wildman–Crippen MR) is 79.7 cm³/mol. The SMILES string of the molecule is CC(C)(C)OC(=O)N1C[C@@H](CN)C[C@H]1C(=O)N1CCCC1. The number of carbonyl (C=O) groups is 2. The molecule has 0 aliphatic carbocycles. The minimum atomic E-state index is -0.556. The van der Waals surface area contributed by atoms with Crippen LogP contribution >= 0.6 is 0 Å². The van der Waals surface area contributed by atoms with Crippen molar-refractivity contribution in [3.63, 3.8) is 0 Å². The molecule has 2 rings (SSSR count). The van der Waals surface area contributed by atoms with Gasteiger partial charge in [0, 0.05) is 19.6 Å². The van der Waals surface area contributed by atoms with E-state index in [1.165, 1.54) is 0 Å². The third-order valence-electron chi connectivity index (χ3n) is 4.05. The molecule has 2 N–H and O–H groups in total. The first-order valence-corrected chi connectivity index (χ1v) is 7.80. The van der Waals surface area contributed by atoms with Crippen molar-refractivity contribution in [1.82, 2.24) is 9.80 Å². The van der Waals surface area contributed by atoms with E-state index in [0.29, 0.717) is 19.5 Å². The molecule has 2 aliphatic heterocycles. The Balaban J connectivity index is 2.08. The Bertz CT molecular complexity index is 399. The summed E-state index contributed by atoms with van der Waals surface area (Å²) in [5.74, 6) is 0.225. The number of nitrogens with two attached hydrogens (primary N) is 1. The van der Waals surface area contributed by atoms with E-state index >= 15 is 0 Å². The first-order valence-electron chi connectivity index (χ1n) is 7.80. The molecule has 2 amide bonds. The van der Waals surface area contributed by atoms with E-state index in [1.807, 2.05) is 25.7 Å². The van der Waals surface area contributed by atoms with E-state index in [2.05, 4.69) is 0 Å². The summed E-state index contributed by atoms with van der Waals surface area (Å²) in [6, 6.07) is -0.411. The topological polar surface area (TPSA) is 75.9 Å². The van der Waals surface area contributed by atoms with Gasteiger partial charge in [-0.3, -0.25) is 9.69 Å². The molecule has 120 valence electrons. The summed E-state index contributed by atoms with van der Waals surface area (Å²) in [6.07, 6.45) is 2.33. The van der Waals surface area contributed by atoms with Crippen molar-refractivity contribution in [2.75, 3.05) is 26.2 Å². The van der Waals surface area contributed by atoms with E-state index in [9.17, 15) is 9.59 Å². The number of carbonyl (C=O) groups excluding carboxylic acids is 2. The van der Waals surface area contributed by atoms with Crippen molar-refractivity contribution in [1.29, 1.82) is 0 Å². The molecule has 2 fully saturated rings. The van der Waals surface area contributed by atoms with Gasteiger partial charge in [0.2, 0.25) is 5.91 Å². The van der Waals surface area contributed by atoms with Gasteiger partial charge >= 0.3 is 6.09 Å². The first-order chi connectivity index (χ1) is 9.81. The van der Waals surface area contributed by atoms with Gasteiger partial charge in [-0.15, -0.1) is 0 Å². The highest BCUT2D eigenvalue weighted by Crippen LogP contribution is 2.27. The Morgan fingerprint density at radius 3 is 2.38 bits per heavy atom. The molecule has 6 heteroatoms. The van der Waals surface area contributed by atoms with Crippen molar-refractivity contribution in [2.24, 2.45) is 11.7 Å². The standard InChI is InChI=1S/C15H27N3O3/c1-15(2,3)21-14(20)18-10-11(9-16)8-12(18)13(19)17-6-4-5-7-17/h11-12H,4-10,16H2,1-3H3/t11-,12+/m1/s1. The zero-order valence-corrected chi connectivity index (χ0v) is 13.3. The van der Waals surface area contributed by atoms with Crippen molar-refractivity contribution >= 4 is 12.0 Å². The molecule has 2 saturated heterocycles. The Kier molecular flexibility index (Phi) is 4.76. The maximum absolute atomic E-state index is 12.6. The monoisotopic (exact) mass is 297 g/mol. The summed E-state index contributed by atoms with van der Waals surface area (Å²) in [5.41, 5.74) is 5.18. The second kappa shape index (κ2) is 6.22. The molecule has 0 bridgehead atoms. The van der Waals surface area contributed by atoms with Crippen molar-refractivity contribution in [3.05, 3.63) is 0 Å². The number of nitrogens with zero attached hydrogens (tertiary/aromatic N) is 2. The predicted octanol–water partition coefficient (Wildman–Crippen LogP) is 1.19. The van der Waals surface area contributed by atoms with E-state index in [-0.39, 0.29) is 11.8 Å². The van der Waals surface area contributed by atoms with E-state index in [1.54, 1.807) is 4.90 Å². The van der Waals surface area contributed by atoms with Crippen LogP contribution in [0.2, 0.25) is 0 Å². The summed E-state index contributed by atoms with van der Waals surface area (Å²) in [5, 5.41) is 0. The molecule has 0 unspecified atom stereocenters. The quantitative estimate of drug-likeness (QED) is 0.831. The molecular formula is C15H27N3O3. The lowest BCUT2D eigenvalue weighted by molar-refractivity contribution is -0.134. The van der Waals surface area contributed by atoms with Crippen LogP contribution in [0, 0.1) is 5.92 Å². The third-order valence-corrected chi connectivity index (χ3v) is 4.05. The van der Waals surface area contributed by atoms with Crippen molar-refractivity contribution < 1.29 is 14.3 Å². The normalized spacial score (nSPS) is 26.3. The lowest BCUT2D eigenvalue weighted by Gasteiger charge is -2.30. The number of amides is 2. The van der Waals surface area contributed by atoms with Crippen LogP contribution in [0.25, 0.3) is 0 Å². The Morgan fingerprint density at radius 2 is 1.86 bits per heavy atom. The van der Waals surface area contributed by atoms with Gasteiger partial charge in [-0.25, -0.2) is 4.79 Å². The van der Waals surface area contributed by atoms with Crippen molar-refractivity contribution in [2.45, 2.75) is 51.7 Å². The number of rotatable bonds is 2. The number of ether oxygens (including phenoxy) is 1. The fourth-order valence-electron chi connectivity index (χ4n) is 3.00. The highest BCUT2D eigenvalue weighted by Gasteiger charge is 2.42. The molecule has 0 aromatic heterocycles. The Hall–Kier alpha value is -1.30. The van der Waals surface area contributed by atoms with Crippen molar-refractivity contribution in [3.8, 4) is 0 Å². The Labute approximate surface area is 126 Å². The largest absolute Gasteiger partial charge is 0.444 e. The van der Waals surface area contributed by atoms with Crippen LogP contribution in [-0.2, 0) is 9.53 Å². The highest BCUT2D eigenvalue weighted by atomic mass is 16.6. The van der Waals surface area contributed by atoms with E-state index in [4.69, 9.17) is 10.5 Å². The van der Waals surface area contributed by atoms with Gasteiger partial charge in [0.05, 0.1) is 0 Å². The maximum Gasteiger partial charge on any atom is 0.410 e. The average Bonchev–Trinajstić information content (AvgIpc) is 3.05. The number of hydrogen-bond donors (Lipinski definition) is 1. The third kappa shape index (κ3) is 3.87.